The van der Waals surface area contributed by atoms with Crippen LogP contribution in [-0.2, 0) is 61.7 Å². The first-order valence-corrected chi connectivity index (χ1v) is 16.9. The van der Waals surface area contributed by atoms with E-state index in [0.29, 0.717) is 119 Å². The van der Waals surface area contributed by atoms with Gasteiger partial charge in [-0.25, -0.2) is 4.79 Å². The summed E-state index contributed by atoms with van der Waals surface area (Å²) in [6.45, 7) is 15.5. The predicted octanol–water partition coefficient (Wildman–Crippen LogP) is 3.77. The van der Waals surface area contributed by atoms with E-state index in [9.17, 15) is 9.59 Å². The van der Waals surface area contributed by atoms with Crippen molar-refractivity contribution in [2.45, 2.75) is 78.2 Å². The zero-order valence-electron chi connectivity index (χ0n) is 29.2. The van der Waals surface area contributed by atoms with Gasteiger partial charge in [0.2, 0.25) is 0 Å². The van der Waals surface area contributed by atoms with E-state index in [2.05, 4.69) is 6.92 Å². The summed E-state index contributed by atoms with van der Waals surface area (Å²) in [6, 6.07) is 0. The molecule has 0 N–H and O–H groups in total. The zero-order valence-corrected chi connectivity index (χ0v) is 29.2. The molecule has 13 heteroatoms. The largest absolute Gasteiger partial charge is 0.463 e. The molecular weight excluding hydrogens is 604 g/mol. The summed E-state index contributed by atoms with van der Waals surface area (Å²) >= 11 is 0. The van der Waals surface area contributed by atoms with E-state index in [1.54, 1.807) is 0 Å². The standard InChI is InChI=1S/C33H64O13/c1-5-6-7-8-9-10-11-31(34)45-29-28-43-25-24-41-21-20-39-17-16-37-13-12-36-14-15-38-18-19-40-22-23-42-26-27-44-30-32(35)46-33(2,3)4/h5-30H2,1-4H3. The first kappa shape index (κ1) is 44.6. The minimum atomic E-state index is -0.512. The van der Waals surface area contributed by atoms with Crippen LogP contribution in [0.15, 0.2) is 0 Å². The average Bonchev–Trinajstić information content (AvgIpc) is 3.01. The minimum Gasteiger partial charge on any atom is -0.463 e. The molecule has 0 aromatic carbocycles. The van der Waals surface area contributed by atoms with Gasteiger partial charge < -0.3 is 52.1 Å². The average molecular weight is 669 g/mol. The lowest BCUT2D eigenvalue weighted by atomic mass is 10.1. The maximum absolute atomic E-state index is 11.7. The molecular formula is C33H64O13. The molecule has 274 valence electrons. The first-order valence-electron chi connectivity index (χ1n) is 16.9. The predicted molar refractivity (Wildman–Crippen MR) is 172 cm³/mol. The Bertz CT molecular complexity index is 658. The molecule has 0 radical (unpaired) electrons. The van der Waals surface area contributed by atoms with Crippen LogP contribution >= 0.6 is 0 Å². The Morgan fingerprint density at radius 1 is 0.413 bits per heavy atom. The molecule has 0 spiro atoms. The van der Waals surface area contributed by atoms with Crippen LogP contribution in [0.2, 0.25) is 0 Å². The van der Waals surface area contributed by atoms with E-state index in [1.165, 1.54) is 25.7 Å². The molecule has 0 fully saturated rings. The number of carbonyl (C=O) groups is 2. The molecule has 0 rings (SSSR count). The van der Waals surface area contributed by atoms with Crippen molar-refractivity contribution in [2.24, 2.45) is 0 Å². The van der Waals surface area contributed by atoms with Gasteiger partial charge in [-0.2, -0.15) is 0 Å². The monoisotopic (exact) mass is 668 g/mol. The molecule has 0 amide bonds. The molecule has 0 unspecified atom stereocenters. The Kier molecular flexibility index (Phi) is 33.8. The normalized spacial score (nSPS) is 11.7. The third-order valence-corrected chi connectivity index (χ3v) is 5.84. The van der Waals surface area contributed by atoms with Crippen LogP contribution in [0.5, 0.6) is 0 Å². The highest BCUT2D eigenvalue weighted by atomic mass is 16.6. The fourth-order valence-corrected chi connectivity index (χ4v) is 3.62. The van der Waals surface area contributed by atoms with Gasteiger partial charge >= 0.3 is 11.9 Å². The summed E-state index contributed by atoms with van der Waals surface area (Å²) in [6.07, 6.45) is 7.40. The van der Waals surface area contributed by atoms with Crippen LogP contribution < -0.4 is 0 Å². The van der Waals surface area contributed by atoms with Gasteiger partial charge in [0.25, 0.3) is 0 Å². The van der Waals surface area contributed by atoms with E-state index in [1.807, 2.05) is 20.8 Å². The highest BCUT2D eigenvalue weighted by molar-refractivity contribution is 5.71. The van der Waals surface area contributed by atoms with E-state index in [4.69, 9.17) is 52.1 Å². The van der Waals surface area contributed by atoms with Crippen molar-refractivity contribution < 1.29 is 61.7 Å². The maximum atomic E-state index is 11.7. The number of ether oxygens (including phenoxy) is 11. The van der Waals surface area contributed by atoms with Crippen molar-refractivity contribution in [3.8, 4) is 0 Å². The SMILES string of the molecule is CCCCCCCCC(=O)OCCOCCOCCOCCOCCOCCOCCOCCOCCOCC(=O)OC(C)(C)C. The Morgan fingerprint density at radius 2 is 0.739 bits per heavy atom. The van der Waals surface area contributed by atoms with Crippen LogP contribution in [0.25, 0.3) is 0 Å². The lowest BCUT2D eigenvalue weighted by molar-refractivity contribution is -0.160. The number of hydrogen-bond acceptors (Lipinski definition) is 13. The highest BCUT2D eigenvalue weighted by Crippen LogP contribution is 2.08. The van der Waals surface area contributed by atoms with Crippen LogP contribution in [0, 0.1) is 0 Å². The molecule has 0 aromatic heterocycles. The molecule has 0 aliphatic heterocycles. The van der Waals surface area contributed by atoms with Gasteiger partial charge in [-0.1, -0.05) is 39.0 Å². The van der Waals surface area contributed by atoms with Gasteiger partial charge in [-0.15, -0.1) is 0 Å². The molecule has 0 saturated carbocycles. The quantitative estimate of drug-likeness (QED) is 0.0709. The smallest absolute Gasteiger partial charge is 0.332 e. The second-order valence-electron chi connectivity index (χ2n) is 11.3. The molecule has 46 heavy (non-hydrogen) atoms. The summed E-state index contributed by atoms with van der Waals surface area (Å²) in [4.78, 5) is 23.2. The third kappa shape index (κ3) is 38.8. The van der Waals surface area contributed by atoms with Gasteiger partial charge in [0, 0.05) is 6.42 Å². The molecule has 0 saturated heterocycles. The minimum absolute atomic E-state index is 0.0847. The van der Waals surface area contributed by atoms with Crippen molar-refractivity contribution >= 4 is 11.9 Å². The number of rotatable bonds is 36. The molecule has 0 aliphatic rings. The van der Waals surface area contributed by atoms with Gasteiger partial charge in [0.1, 0.15) is 18.8 Å². The van der Waals surface area contributed by atoms with Gasteiger partial charge in [0.15, 0.2) is 0 Å². The van der Waals surface area contributed by atoms with Gasteiger partial charge in [-0.05, 0) is 27.2 Å². The molecule has 0 bridgehead atoms. The Balaban J connectivity index is 3.14. The Morgan fingerprint density at radius 3 is 1.11 bits per heavy atom. The highest BCUT2D eigenvalue weighted by Gasteiger charge is 2.15. The van der Waals surface area contributed by atoms with Crippen LogP contribution in [0.1, 0.15) is 72.6 Å². The summed E-state index contributed by atoms with van der Waals surface area (Å²) < 4.78 is 59.1. The second-order valence-corrected chi connectivity index (χ2v) is 11.3. The fraction of sp³-hybridized carbons (Fsp3) is 0.939. The van der Waals surface area contributed by atoms with Crippen molar-refractivity contribution in [1.29, 1.82) is 0 Å². The van der Waals surface area contributed by atoms with E-state index >= 15 is 0 Å². The van der Waals surface area contributed by atoms with Crippen LogP contribution in [0.3, 0.4) is 0 Å². The lowest BCUT2D eigenvalue weighted by Gasteiger charge is -2.19. The van der Waals surface area contributed by atoms with Crippen molar-refractivity contribution in [3.05, 3.63) is 0 Å². The summed E-state index contributed by atoms with van der Waals surface area (Å²) in [5.41, 5.74) is -0.512. The van der Waals surface area contributed by atoms with Crippen molar-refractivity contribution in [3.63, 3.8) is 0 Å². The molecule has 0 atom stereocenters. The molecule has 0 aromatic rings. The Labute approximate surface area is 277 Å². The number of esters is 2. The van der Waals surface area contributed by atoms with Gasteiger partial charge in [0.05, 0.1) is 112 Å². The Hall–Kier alpha value is -1.42. The number of carbonyl (C=O) groups excluding carboxylic acids is 2. The van der Waals surface area contributed by atoms with E-state index < -0.39 is 5.60 Å². The second kappa shape index (κ2) is 34.9. The van der Waals surface area contributed by atoms with Gasteiger partial charge in [-0.3, -0.25) is 4.79 Å². The topological polar surface area (TPSA) is 136 Å². The fourth-order valence-electron chi connectivity index (χ4n) is 3.62. The van der Waals surface area contributed by atoms with Crippen molar-refractivity contribution in [1.82, 2.24) is 0 Å². The molecule has 0 heterocycles. The maximum Gasteiger partial charge on any atom is 0.332 e. The van der Waals surface area contributed by atoms with E-state index in [0.717, 1.165) is 12.8 Å². The number of hydrogen-bond donors (Lipinski definition) is 0. The lowest BCUT2D eigenvalue weighted by Crippen LogP contribution is -2.27. The molecule has 13 nitrogen and oxygen atoms in total. The number of unbranched alkanes of at least 4 members (excludes halogenated alkanes) is 5. The van der Waals surface area contributed by atoms with Crippen molar-refractivity contribution in [2.75, 3.05) is 126 Å². The third-order valence-electron chi connectivity index (χ3n) is 5.84. The summed E-state index contributed by atoms with van der Waals surface area (Å²) in [5.74, 6) is -0.535. The summed E-state index contributed by atoms with van der Waals surface area (Å²) in [7, 11) is 0. The molecule has 0 aliphatic carbocycles. The van der Waals surface area contributed by atoms with E-state index in [-0.39, 0.29) is 25.2 Å². The summed E-state index contributed by atoms with van der Waals surface area (Å²) in [5, 5.41) is 0. The zero-order chi connectivity index (χ0) is 33.8. The van der Waals surface area contributed by atoms with Crippen LogP contribution in [0.4, 0.5) is 0 Å². The van der Waals surface area contributed by atoms with Crippen LogP contribution in [-0.4, -0.2) is 143 Å². The first-order chi connectivity index (χ1) is 22.3.